The molecule has 0 fully saturated rings. The van der Waals surface area contributed by atoms with Gasteiger partial charge >= 0.3 is 0 Å². The lowest BCUT2D eigenvalue weighted by atomic mass is 10.2. The van der Waals surface area contributed by atoms with Crippen molar-refractivity contribution in [2.75, 3.05) is 6.54 Å². The third kappa shape index (κ3) is 2.59. The monoisotopic (exact) mass is 181 g/mol. The van der Waals surface area contributed by atoms with Crippen LogP contribution in [0.4, 0.5) is 0 Å². The van der Waals surface area contributed by atoms with Crippen LogP contribution in [0.5, 0.6) is 0 Å². The third-order valence-electron chi connectivity index (χ3n) is 1.96. The fraction of sp³-hybridized carbons (Fsp3) is 0.444. The van der Waals surface area contributed by atoms with Crippen LogP contribution in [-0.4, -0.2) is 23.5 Å². The third-order valence-corrected chi connectivity index (χ3v) is 1.96. The highest BCUT2D eigenvalue weighted by Crippen LogP contribution is 1.96. The molecule has 1 unspecified atom stereocenters. The van der Waals surface area contributed by atoms with Gasteiger partial charge in [-0.15, -0.1) is 0 Å². The summed E-state index contributed by atoms with van der Waals surface area (Å²) in [6.45, 7) is 2.47. The molecule has 4 heteroatoms. The van der Waals surface area contributed by atoms with Crippen molar-refractivity contribution in [3.05, 3.63) is 24.0 Å². The summed E-state index contributed by atoms with van der Waals surface area (Å²) in [4.78, 5) is 14.3. The first kappa shape index (κ1) is 9.80. The number of H-pyrrole nitrogens is 1. The van der Waals surface area contributed by atoms with Crippen molar-refractivity contribution in [2.24, 2.45) is 5.73 Å². The number of amides is 1. The molecule has 1 aromatic rings. The standard InChI is InChI=1S/C9H15N3O/c1-2-7(6-10)12-9(13)8-4-3-5-11-8/h3-5,7,11H,2,6,10H2,1H3,(H,12,13). The summed E-state index contributed by atoms with van der Waals surface area (Å²) in [6, 6.07) is 3.59. The van der Waals surface area contributed by atoms with Crippen molar-refractivity contribution in [1.82, 2.24) is 10.3 Å². The number of carbonyl (C=O) groups excluding carboxylic acids is 1. The van der Waals surface area contributed by atoms with Crippen LogP contribution in [0.25, 0.3) is 0 Å². The van der Waals surface area contributed by atoms with Crippen LogP contribution in [0, 0.1) is 0 Å². The van der Waals surface area contributed by atoms with Crippen LogP contribution in [0.15, 0.2) is 18.3 Å². The lowest BCUT2D eigenvalue weighted by Crippen LogP contribution is -2.39. The van der Waals surface area contributed by atoms with E-state index in [0.29, 0.717) is 12.2 Å². The number of nitrogens with one attached hydrogen (secondary N) is 2. The van der Waals surface area contributed by atoms with E-state index < -0.39 is 0 Å². The minimum atomic E-state index is -0.0951. The van der Waals surface area contributed by atoms with Crippen LogP contribution < -0.4 is 11.1 Å². The molecule has 13 heavy (non-hydrogen) atoms. The Hall–Kier alpha value is -1.29. The summed E-state index contributed by atoms with van der Waals surface area (Å²) in [6.07, 6.45) is 2.57. The first-order valence-corrected chi connectivity index (χ1v) is 4.42. The molecule has 0 saturated carbocycles. The molecule has 72 valence electrons. The van der Waals surface area contributed by atoms with E-state index in [9.17, 15) is 4.79 Å². The zero-order valence-electron chi connectivity index (χ0n) is 7.71. The minimum absolute atomic E-state index is 0.0656. The number of hydrogen-bond acceptors (Lipinski definition) is 2. The van der Waals surface area contributed by atoms with Gasteiger partial charge in [-0.05, 0) is 18.6 Å². The van der Waals surface area contributed by atoms with Crippen LogP contribution in [0.2, 0.25) is 0 Å². The molecule has 0 spiro atoms. The van der Waals surface area contributed by atoms with Gasteiger partial charge in [0.1, 0.15) is 5.69 Å². The molecule has 4 N–H and O–H groups in total. The number of nitrogens with two attached hydrogens (primary N) is 1. The minimum Gasteiger partial charge on any atom is -0.357 e. The average Bonchev–Trinajstić information content (AvgIpc) is 2.66. The molecule has 0 bridgehead atoms. The largest absolute Gasteiger partial charge is 0.357 e. The highest BCUT2D eigenvalue weighted by atomic mass is 16.1. The Balaban J connectivity index is 2.50. The first-order chi connectivity index (χ1) is 6.27. The molecule has 1 heterocycles. The number of aromatic amines is 1. The van der Waals surface area contributed by atoms with E-state index in [4.69, 9.17) is 5.73 Å². The van der Waals surface area contributed by atoms with Crippen molar-refractivity contribution < 1.29 is 4.79 Å². The fourth-order valence-corrected chi connectivity index (χ4v) is 1.06. The van der Waals surface area contributed by atoms with E-state index >= 15 is 0 Å². The Morgan fingerprint density at radius 1 is 1.77 bits per heavy atom. The van der Waals surface area contributed by atoms with Gasteiger partial charge in [0.25, 0.3) is 5.91 Å². The highest BCUT2D eigenvalue weighted by molar-refractivity contribution is 5.92. The molecule has 1 amide bonds. The maximum atomic E-state index is 11.4. The molecule has 0 saturated heterocycles. The van der Waals surface area contributed by atoms with Gasteiger partial charge in [0.2, 0.25) is 0 Å². The van der Waals surface area contributed by atoms with Crippen LogP contribution >= 0.6 is 0 Å². The number of aromatic nitrogens is 1. The zero-order valence-corrected chi connectivity index (χ0v) is 7.71. The van der Waals surface area contributed by atoms with Crippen LogP contribution in [0.1, 0.15) is 23.8 Å². The second-order valence-electron chi connectivity index (χ2n) is 2.90. The molecule has 0 aliphatic rings. The Kier molecular flexibility index (Phi) is 3.52. The van der Waals surface area contributed by atoms with Gasteiger partial charge in [-0.25, -0.2) is 0 Å². The van der Waals surface area contributed by atoms with E-state index in [1.807, 2.05) is 6.92 Å². The Morgan fingerprint density at radius 2 is 2.54 bits per heavy atom. The van der Waals surface area contributed by atoms with Crippen molar-refractivity contribution in [3.8, 4) is 0 Å². The van der Waals surface area contributed by atoms with Gasteiger partial charge < -0.3 is 16.0 Å². The summed E-state index contributed by atoms with van der Waals surface area (Å²) in [7, 11) is 0. The average molecular weight is 181 g/mol. The van der Waals surface area contributed by atoms with Gasteiger partial charge in [-0.1, -0.05) is 6.92 Å². The van der Waals surface area contributed by atoms with Gasteiger partial charge in [-0.2, -0.15) is 0 Å². The van der Waals surface area contributed by atoms with E-state index in [2.05, 4.69) is 10.3 Å². The topological polar surface area (TPSA) is 70.9 Å². The molecule has 1 atom stereocenters. The normalized spacial score (nSPS) is 12.5. The molecule has 4 nitrogen and oxygen atoms in total. The van der Waals surface area contributed by atoms with Crippen LogP contribution in [0.3, 0.4) is 0 Å². The molecule has 0 aliphatic carbocycles. The highest BCUT2D eigenvalue weighted by Gasteiger charge is 2.10. The lowest BCUT2D eigenvalue weighted by molar-refractivity contribution is 0.0933. The van der Waals surface area contributed by atoms with Crippen LogP contribution in [-0.2, 0) is 0 Å². The number of hydrogen-bond donors (Lipinski definition) is 3. The SMILES string of the molecule is CCC(CN)NC(=O)c1ccc[nH]1. The molecule has 0 aliphatic heterocycles. The summed E-state index contributed by atoms with van der Waals surface area (Å²) < 4.78 is 0. The second-order valence-corrected chi connectivity index (χ2v) is 2.90. The van der Waals surface area contributed by atoms with Gasteiger partial charge in [-0.3, -0.25) is 4.79 Å². The van der Waals surface area contributed by atoms with E-state index in [-0.39, 0.29) is 11.9 Å². The fourth-order valence-electron chi connectivity index (χ4n) is 1.06. The van der Waals surface area contributed by atoms with Crippen molar-refractivity contribution in [1.29, 1.82) is 0 Å². The van der Waals surface area contributed by atoms with Gasteiger partial charge in [0, 0.05) is 18.8 Å². The summed E-state index contributed by atoms with van der Waals surface area (Å²) >= 11 is 0. The lowest BCUT2D eigenvalue weighted by Gasteiger charge is -2.13. The summed E-state index contributed by atoms with van der Waals surface area (Å²) in [5, 5.41) is 2.82. The Morgan fingerprint density at radius 3 is 3.00 bits per heavy atom. The predicted molar refractivity (Wildman–Crippen MR) is 51.4 cm³/mol. The van der Waals surface area contributed by atoms with Crippen molar-refractivity contribution in [3.63, 3.8) is 0 Å². The van der Waals surface area contributed by atoms with E-state index in [1.54, 1.807) is 18.3 Å². The second kappa shape index (κ2) is 4.67. The van der Waals surface area contributed by atoms with E-state index in [0.717, 1.165) is 6.42 Å². The first-order valence-electron chi connectivity index (χ1n) is 4.42. The van der Waals surface area contributed by atoms with Crippen molar-refractivity contribution >= 4 is 5.91 Å². The number of rotatable bonds is 4. The molecule has 1 aromatic heterocycles. The molecular formula is C9H15N3O. The van der Waals surface area contributed by atoms with Crippen molar-refractivity contribution in [2.45, 2.75) is 19.4 Å². The molecule has 1 rings (SSSR count). The van der Waals surface area contributed by atoms with Gasteiger partial charge in [0.05, 0.1) is 0 Å². The molecule has 0 aromatic carbocycles. The van der Waals surface area contributed by atoms with Gasteiger partial charge in [0.15, 0.2) is 0 Å². The zero-order chi connectivity index (χ0) is 9.68. The summed E-state index contributed by atoms with van der Waals surface area (Å²) in [5.74, 6) is -0.0951. The number of carbonyl (C=O) groups is 1. The molecular weight excluding hydrogens is 166 g/mol. The Labute approximate surface area is 77.5 Å². The predicted octanol–water partition coefficient (Wildman–Crippen LogP) is 0.482. The van der Waals surface area contributed by atoms with E-state index in [1.165, 1.54) is 0 Å². The smallest absolute Gasteiger partial charge is 0.267 e. The quantitative estimate of drug-likeness (QED) is 0.632. The maximum Gasteiger partial charge on any atom is 0.267 e. The molecule has 0 radical (unpaired) electrons. The Bertz CT molecular complexity index is 252. The maximum absolute atomic E-state index is 11.4. The summed E-state index contributed by atoms with van der Waals surface area (Å²) in [5.41, 5.74) is 6.04.